The second kappa shape index (κ2) is 9.12. The van der Waals surface area contributed by atoms with E-state index in [0.717, 1.165) is 56.8 Å². The number of aromatic nitrogens is 1. The number of benzene rings is 1. The van der Waals surface area contributed by atoms with E-state index in [1.54, 1.807) is 12.1 Å². The molecule has 1 aromatic heterocycles. The highest BCUT2D eigenvalue weighted by Gasteiger charge is 2.31. The van der Waals surface area contributed by atoms with E-state index in [2.05, 4.69) is 25.5 Å². The molecule has 4 heterocycles. The van der Waals surface area contributed by atoms with E-state index in [-0.39, 0.29) is 11.8 Å². The summed E-state index contributed by atoms with van der Waals surface area (Å²) < 4.78 is 13.7. The zero-order valence-electron chi connectivity index (χ0n) is 17.9. The summed E-state index contributed by atoms with van der Waals surface area (Å²) in [6, 6.07) is 5.41. The predicted octanol–water partition coefficient (Wildman–Crippen LogP) is 4.33. The number of nitrogens with zero attached hydrogens (tertiary/aromatic N) is 4. The maximum Gasteiger partial charge on any atom is 0.323 e. The quantitative estimate of drug-likeness (QED) is 0.764. The van der Waals surface area contributed by atoms with Crippen molar-refractivity contribution >= 4 is 28.2 Å². The first-order valence-electron chi connectivity index (χ1n) is 11.4. The Balaban J connectivity index is 1.12. The summed E-state index contributed by atoms with van der Waals surface area (Å²) in [6.07, 6.45) is 6.64. The lowest BCUT2D eigenvalue weighted by molar-refractivity contribution is 0.193. The summed E-state index contributed by atoms with van der Waals surface area (Å²) >= 11 is 1.50. The molecule has 0 aliphatic carbocycles. The number of fused-ring (bicyclic) bond motifs is 1. The molecule has 3 aliphatic rings. The van der Waals surface area contributed by atoms with Gasteiger partial charge in [0.25, 0.3) is 0 Å². The highest BCUT2D eigenvalue weighted by atomic mass is 32.1. The third-order valence-corrected chi connectivity index (χ3v) is 7.58. The van der Waals surface area contributed by atoms with E-state index in [1.165, 1.54) is 36.2 Å². The molecule has 0 bridgehead atoms. The predicted molar refractivity (Wildman–Crippen MR) is 122 cm³/mol. The smallest absolute Gasteiger partial charge is 0.323 e. The molecule has 2 amide bonds. The number of carbonyl (C=O) groups is 1. The molecule has 2 fully saturated rings. The second-order valence-electron chi connectivity index (χ2n) is 8.85. The van der Waals surface area contributed by atoms with E-state index in [1.807, 2.05) is 11.0 Å². The van der Waals surface area contributed by atoms with Crippen molar-refractivity contribution < 1.29 is 9.18 Å². The van der Waals surface area contributed by atoms with Crippen molar-refractivity contribution in [3.63, 3.8) is 0 Å². The minimum Gasteiger partial charge on any atom is -0.368 e. The number of hydrogen-bond acceptors (Lipinski definition) is 5. The lowest BCUT2D eigenvalue weighted by atomic mass is 10.0. The highest BCUT2D eigenvalue weighted by molar-refractivity contribution is 7.13. The fraction of sp³-hybridized carbons (Fsp3) is 0.565. The summed E-state index contributed by atoms with van der Waals surface area (Å²) in [5.74, 6) is -0.175. The third-order valence-electron chi connectivity index (χ3n) is 6.77. The van der Waals surface area contributed by atoms with Gasteiger partial charge in [-0.05, 0) is 62.9 Å². The molecule has 0 saturated carbocycles. The number of thiazole rings is 1. The number of anilines is 2. The third kappa shape index (κ3) is 4.70. The van der Waals surface area contributed by atoms with E-state index >= 15 is 0 Å². The molecule has 2 saturated heterocycles. The Bertz CT molecular complexity index is 920. The van der Waals surface area contributed by atoms with Gasteiger partial charge in [0.15, 0.2) is 5.13 Å². The number of carbonyl (C=O) groups excluding carboxylic acids is 1. The van der Waals surface area contributed by atoms with Crippen molar-refractivity contribution in [2.75, 3.05) is 42.9 Å². The zero-order chi connectivity index (χ0) is 21.2. The average molecular weight is 444 g/mol. The number of urea groups is 1. The number of hydrogen-bond donors (Lipinski definition) is 1. The van der Waals surface area contributed by atoms with Crippen molar-refractivity contribution in [3.8, 4) is 0 Å². The summed E-state index contributed by atoms with van der Waals surface area (Å²) in [5, 5.41) is 5.73. The van der Waals surface area contributed by atoms with Gasteiger partial charge in [0.1, 0.15) is 5.82 Å². The second-order valence-corrected chi connectivity index (χ2v) is 9.70. The van der Waals surface area contributed by atoms with Crippen molar-refractivity contribution in [1.29, 1.82) is 0 Å². The molecular formula is C23H30FN5OS. The van der Waals surface area contributed by atoms with Gasteiger partial charge in [0.2, 0.25) is 0 Å². The summed E-state index contributed by atoms with van der Waals surface area (Å²) in [7, 11) is 0. The van der Waals surface area contributed by atoms with Crippen molar-refractivity contribution in [2.24, 2.45) is 0 Å². The highest BCUT2D eigenvalue weighted by Crippen LogP contribution is 2.33. The molecule has 0 atom stereocenters. The van der Waals surface area contributed by atoms with Crippen LogP contribution in [0.25, 0.3) is 0 Å². The van der Waals surface area contributed by atoms with E-state index in [0.29, 0.717) is 24.3 Å². The first-order chi connectivity index (χ1) is 15.2. The Labute approximate surface area is 187 Å². The molecule has 6 nitrogen and oxygen atoms in total. The van der Waals surface area contributed by atoms with Crippen LogP contribution in [0.2, 0.25) is 0 Å². The maximum atomic E-state index is 13.7. The van der Waals surface area contributed by atoms with Crippen LogP contribution in [0.5, 0.6) is 0 Å². The van der Waals surface area contributed by atoms with Gasteiger partial charge in [0, 0.05) is 43.3 Å². The monoisotopic (exact) mass is 443 g/mol. The maximum absolute atomic E-state index is 13.7. The molecule has 31 heavy (non-hydrogen) atoms. The van der Waals surface area contributed by atoms with Crippen LogP contribution in [0.4, 0.5) is 20.0 Å². The molecule has 0 unspecified atom stereocenters. The van der Waals surface area contributed by atoms with Crippen molar-refractivity contribution in [3.05, 3.63) is 40.7 Å². The van der Waals surface area contributed by atoms with Crippen LogP contribution in [0.15, 0.2) is 23.6 Å². The fourth-order valence-electron chi connectivity index (χ4n) is 5.09. The largest absolute Gasteiger partial charge is 0.368 e. The van der Waals surface area contributed by atoms with Gasteiger partial charge in [-0.1, -0.05) is 12.5 Å². The van der Waals surface area contributed by atoms with Crippen molar-refractivity contribution in [1.82, 2.24) is 14.8 Å². The standard InChI is InChI=1S/C23H30FN5OS/c24-18-5-4-17-6-13-29(21(17)14-18)20-7-11-28(12-8-20)23(30)26-22-25-19(16-31-22)15-27-9-2-1-3-10-27/h4-5,14,16,20H,1-3,6-13,15H2,(H,25,26,30). The Morgan fingerprint density at radius 2 is 1.94 bits per heavy atom. The Morgan fingerprint density at radius 1 is 1.13 bits per heavy atom. The molecule has 0 radical (unpaired) electrons. The van der Waals surface area contributed by atoms with Gasteiger partial charge < -0.3 is 9.80 Å². The van der Waals surface area contributed by atoms with Gasteiger partial charge in [0.05, 0.1) is 5.69 Å². The SMILES string of the molecule is O=C(Nc1nc(CN2CCCCC2)cs1)N1CCC(N2CCc3ccc(F)cc32)CC1. The topological polar surface area (TPSA) is 51.7 Å². The molecule has 1 aromatic carbocycles. The number of rotatable bonds is 4. The number of amides is 2. The van der Waals surface area contributed by atoms with Gasteiger partial charge in [-0.25, -0.2) is 14.2 Å². The molecule has 5 rings (SSSR count). The summed E-state index contributed by atoms with van der Waals surface area (Å²) in [4.78, 5) is 24.0. The van der Waals surface area contributed by atoms with E-state index in [4.69, 9.17) is 0 Å². The summed E-state index contributed by atoms with van der Waals surface area (Å²) in [6.45, 7) is 5.52. The molecule has 2 aromatic rings. The fourth-order valence-corrected chi connectivity index (χ4v) is 5.78. The number of likely N-dealkylation sites (tertiary alicyclic amines) is 2. The Hall–Kier alpha value is -2.19. The summed E-state index contributed by atoms with van der Waals surface area (Å²) in [5.41, 5.74) is 3.30. The minimum atomic E-state index is -0.175. The molecule has 166 valence electrons. The molecular weight excluding hydrogens is 413 g/mol. The van der Waals surface area contributed by atoms with Crippen LogP contribution in [0.1, 0.15) is 43.4 Å². The van der Waals surface area contributed by atoms with Crippen LogP contribution in [0.3, 0.4) is 0 Å². The molecule has 8 heteroatoms. The zero-order valence-corrected chi connectivity index (χ0v) is 18.7. The Morgan fingerprint density at radius 3 is 2.74 bits per heavy atom. The lowest BCUT2D eigenvalue weighted by Crippen LogP contribution is -2.47. The molecule has 3 aliphatic heterocycles. The van der Waals surface area contributed by atoms with Crippen LogP contribution >= 0.6 is 11.3 Å². The normalized spacial score (nSPS) is 20.2. The minimum absolute atomic E-state index is 0.0646. The number of piperidine rings is 2. The van der Waals surface area contributed by atoms with Gasteiger partial charge in [-0.2, -0.15) is 0 Å². The first kappa shape index (κ1) is 20.7. The van der Waals surface area contributed by atoms with Crippen LogP contribution in [0, 0.1) is 5.82 Å². The lowest BCUT2D eigenvalue weighted by Gasteiger charge is -2.38. The van der Waals surface area contributed by atoms with Gasteiger partial charge in [-0.3, -0.25) is 10.2 Å². The molecule has 0 spiro atoms. The molecule has 1 N–H and O–H groups in total. The average Bonchev–Trinajstić information content (AvgIpc) is 3.41. The number of halogens is 1. The van der Waals surface area contributed by atoms with Crippen LogP contribution in [-0.2, 0) is 13.0 Å². The van der Waals surface area contributed by atoms with Crippen LogP contribution in [-0.4, -0.2) is 59.6 Å². The number of nitrogens with one attached hydrogen (secondary N) is 1. The Kier molecular flexibility index (Phi) is 6.09. The first-order valence-corrected chi connectivity index (χ1v) is 12.3. The van der Waals surface area contributed by atoms with E-state index in [9.17, 15) is 9.18 Å². The van der Waals surface area contributed by atoms with Crippen molar-refractivity contribution in [2.45, 2.75) is 51.1 Å². The van der Waals surface area contributed by atoms with Crippen LogP contribution < -0.4 is 10.2 Å². The van der Waals surface area contributed by atoms with Gasteiger partial charge in [-0.15, -0.1) is 11.3 Å². The van der Waals surface area contributed by atoms with Gasteiger partial charge >= 0.3 is 6.03 Å². The van der Waals surface area contributed by atoms with E-state index < -0.39 is 0 Å².